The lowest BCUT2D eigenvalue weighted by atomic mass is 10.1. The van der Waals surface area contributed by atoms with Crippen LogP contribution in [-0.2, 0) is 4.74 Å². The van der Waals surface area contributed by atoms with Crippen LogP contribution >= 0.6 is 0 Å². The molecule has 0 spiro atoms. The highest BCUT2D eigenvalue weighted by Gasteiger charge is 2.22. The predicted molar refractivity (Wildman–Crippen MR) is 69.9 cm³/mol. The van der Waals surface area contributed by atoms with Gasteiger partial charge >= 0.3 is 12.1 Å². The third kappa shape index (κ3) is 4.42. The molecule has 2 N–H and O–H groups in total. The van der Waals surface area contributed by atoms with Gasteiger partial charge < -0.3 is 15.0 Å². The summed E-state index contributed by atoms with van der Waals surface area (Å²) in [6, 6.07) is -0.255. The maximum Gasteiger partial charge on any atom is 0.409 e. The highest BCUT2D eigenvalue weighted by Crippen LogP contribution is 2.27. The third-order valence-electron chi connectivity index (χ3n) is 3.34. The zero-order chi connectivity index (χ0) is 13.7. The Balaban J connectivity index is 1.66. The molecule has 106 valence electrons. The molecular weight excluding hydrogens is 248 g/mol. The van der Waals surface area contributed by atoms with Crippen molar-refractivity contribution >= 4 is 17.8 Å². The number of piperidine rings is 1. The fraction of sp³-hybridized carbons (Fsp3) is 0.750. The van der Waals surface area contributed by atoms with Crippen LogP contribution in [0.15, 0.2) is 5.10 Å². The van der Waals surface area contributed by atoms with Crippen molar-refractivity contribution in [2.45, 2.75) is 25.7 Å². The number of carbonyl (C=O) groups is 2. The zero-order valence-electron chi connectivity index (χ0n) is 11.1. The lowest BCUT2D eigenvalue weighted by molar-refractivity contribution is 0.123. The van der Waals surface area contributed by atoms with E-state index in [0.717, 1.165) is 12.3 Å². The van der Waals surface area contributed by atoms with Crippen LogP contribution in [0.25, 0.3) is 0 Å². The summed E-state index contributed by atoms with van der Waals surface area (Å²) >= 11 is 0. The minimum Gasteiger partial charge on any atom is -0.453 e. The molecular formula is C12H20N4O3. The van der Waals surface area contributed by atoms with Gasteiger partial charge in [-0.25, -0.2) is 15.0 Å². The van der Waals surface area contributed by atoms with Crippen molar-refractivity contribution in [1.29, 1.82) is 0 Å². The third-order valence-corrected chi connectivity index (χ3v) is 3.34. The molecule has 0 aromatic carbocycles. The van der Waals surface area contributed by atoms with Crippen LogP contribution in [0.5, 0.6) is 0 Å². The van der Waals surface area contributed by atoms with Crippen LogP contribution in [0.2, 0.25) is 0 Å². The van der Waals surface area contributed by atoms with Gasteiger partial charge in [-0.2, -0.15) is 5.10 Å². The topological polar surface area (TPSA) is 83.0 Å². The molecule has 19 heavy (non-hydrogen) atoms. The van der Waals surface area contributed by atoms with E-state index in [1.54, 1.807) is 4.90 Å². The molecule has 7 nitrogen and oxygen atoms in total. The number of nitrogens with one attached hydrogen (secondary N) is 2. The van der Waals surface area contributed by atoms with Gasteiger partial charge in [0.2, 0.25) is 0 Å². The Bertz CT molecular complexity index is 369. The molecule has 1 saturated carbocycles. The molecule has 1 saturated heterocycles. The monoisotopic (exact) mass is 268 g/mol. The predicted octanol–water partition coefficient (Wildman–Crippen LogP) is 0.914. The Hall–Kier alpha value is -1.79. The molecule has 0 bridgehead atoms. The minimum atomic E-state index is -0.311. The lowest BCUT2D eigenvalue weighted by Crippen LogP contribution is -2.40. The van der Waals surface area contributed by atoms with Gasteiger partial charge in [0.15, 0.2) is 0 Å². The summed E-state index contributed by atoms with van der Waals surface area (Å²) in [6.07, 6.45) is 3.43. The van der Waals surface area contributed by atoms with Gasteiger partial charge in [0, 0.05) is 38.2 Å². The number of likely N-dealkylation sites (tertiary alicyclic amines) is 1. The van der Waals surface area contributed by atoms with E-state index >= 15 is 0 Å². The second-order valence-electron chi connectivity index (χ2n) is 4.90. The Morgan fingerprint density at radius 1 is 1.37 bits per heavy atom. The quantitative estimate of drug-likeness (QED) is 0.746. The normalized spacial score (nSPS) is 18.8. The second-order valence-corrected chi connectivity index (χ2v) is 4.90. The summed E-state index contributed by atoms with van der Waals surface area (Å²) in [5.41, 5.74) is 3.40. The summed E-state index contributed by atoms with van der Waals surface area (Å²) in [5, 5.41) is 6.86. The summed E-state index contributed by atoms with van der Waals surface area (Å²) < 4.78 is 4.65. The molecule has 1 heterocycles. The fourth-order valence-electron chi connectivity index (χ4n) is 1.92. The molecule has 0 atom stereocenters. The number of carbonyl (C=O) groups excluding carboxylic acids is 2. The van der Waals surface area contributed by atoms with Crippen LogP contribution in [-0.4, -0.2) is 49.5 Å². The van der Waals surface area contributed by atoms with Gasteiger partial charge in [0.1, 0.15) is 0 Å². The maximum absolute atomic E-state index is 11.4. The van der Waals surface area contributed by atoms with Gasteiger partial charge in [-0.3, -0.25) is 0 Å². The Kier molecular flexibility index (Phi) is 4.59. The molecule has 3 amide bonds. The number of hydrazone groups is 1. The first-order valence-corrected chi connectivity index (χ1v) is 6.61. The highest BCUT2D eigenvalue weighted by molar-refractivity contribution is 5.88. The molecule has 2 aliphatic rings. The van der Waals surface area contributed by atoms with Crippen LogP contribution in [0.1, 0.15) is 25.7 Å². The van der Waals surface area contributed by atoms with E-state index in [1.807, 2.05) is 0 Å². The standard InChI is InChI=1S/C12H20N4O3/c1-19-12(18)16-6-4-10(5-7-16)14-15-11(17)13-8-9-2-3-9/h9H,2-8H2,1H3,(H2,13,15,17). The number of ether oxygens (including phenoxy) is 1. The van der Waals surface area contributed by atoms with Crippen LogP contribution in [0.3, 0.4) is 0 Å². The van der Waals surface area contributed by atoms with E-state index in [-0.39, 0.29) is 12.1 Å². The van der Waals surface area contributed by atoms with Gasteiger partial charge in [-0.15, -0.1) is 0 Å². The van der Waals surface area contributed by atoms with Gasteiger partial charge in [-0.05, 0) is 18.8 Å². The maximum atomic E-state index is 11.4. The van der Waals surface area contributed by atoms with Gasteiger partial charge in [-0.1, -0.05) is 0 Å². The van der Waals surface area contributed by atoms with Crippen molar-refractivity contribution in [3.05, 3.63) is 0 Å². The van der Waals surface area contributed by atoms with Gasteiger partial charge in [0.05, 0.1) is 7.11 Å². The number of nitrogens with zero attached hydrogens (tertiary/aromatic N) is 2. The summed E-state index contributed by atoms with van der Waals surface area (Å²) in [5.74, 6) is 0.654. The average molecular weight is 268 g/mol. The van der Waals surface area contributed by atoms with E-state index in [4.69, 9.17) is 0 Å². The largest absolute Gasteiger partial charge is 0.453 e. The number of amides is 3. The molecule has 2 rings (SSSR count). The van der Waals surface area contributed by atoms with Crippen molar-refractivity contribution in [1.82, 2.24) is 15.6 Å². The van der Waals surface area contributed by atoms with E-state index < -0.39 is 0 Å². The van der Waals surface area contributed by atoms with Crippen molar-refractivity contribution in [3.8, 4) is 0 Å². The lowest BCUT2D eigenvalue weighted by Gasteiger charge is -2.26. The number of hydrogen-bond acceptors (Lipinski definition) is 4. The highest BCUT2D eigenvalue weighted by atomic mass is 16.5. The minimum absolute atomic E-state index is 0.255. The zero-order valence-corrected chi connectivity index (χ0v) is 11.1. The molecule has 0 aromatic rings. The Morgan fingerprint density at radius 2 is 2.05 bits per heavy atom. The summed E-state index contributed by atoms with van der Waals surface area (Å²) in [6.45, 7) is 1.89. The number of urea groups is 1. The first-order valence-electron chi connectivity index (χ1n) is 6.61. The van der Waals surface area contributed by atoms with E-state index in [9.17, 15) is 9.59 Å². The molecule has 0 unspecified atom stereocenters. The molecule has 2 fully saturated rings. The van der Waals surface area contributed by atoms with Crippen molar-refractivity contribution < 1.29 is 14.3 Å². The Morgan fingerprint density at radius 3 is 2.63 bits per heavy atom. The summed E-state index contributed by atoms with van der Waals surface area (Å²) in [7, 11) is 1.37. The molecule has 1 aliphatic heterocycles. The fourth-order valence-corrected chi connectivity index (χ4v) is 1.92. The number of methoxy groups -OCH3 is 1. The molecule has 0 radical (unpaired) electrons. The van der Waals surface area contributed by atoms with Crippen molar-refractivity contribution in [3.63, 3.8) is 0 Å². The second kappa shape index (κ2) is 6.40. The molecule has 0 aromatic heterocycles. The van der Waals surface area contributed by atoms with Crippen LogP contribution in [0.4, 0.5) is 9.59 Å². The first-order chi connectivity index (χ1) is 9.19. The van der Waals surface area contributed by atoms with E-state index in [1.165, 1.54) is 20.0 Å². The van der Waals surface area contributed by atoms with E-state index in [2.05, 4.69) is 20.6 Å². The van der Waals surface area contributed by atoms with Crippen LogP contribution in [0, 0.1) is 5.92 Å². The summed E-state index contributed by atoms with van der Waals surface area (Å²) in [4.78, 5) is 24.3. The molecule has 1 aliphatic carbocycles. The smallest absolute Gasteiger partial charge is 0.409 e. The average Bonchev–Trinajstić information content (AvgIpc) is 3.26. The number of rotatable bonds is 3. The Labute approximate surface area is 112 Å². The van der Waals surface area contributed by atoms with E-state index in [0.29, 0.717) is 31.8 Å². The van der Waals surface area contributed by atoms with Crippen LogP contribution < -0.4 is 10.7 Å². The molecule has 7 heteroatoms. The van der Waals surface area contributed by atoms with Crippen molar-refractivity contribution in [2.75, 3.05) is 26.7 Å². The number of hydrogen-bond donors (Lipinski definition) is 2. The van der Waals surface area contributed by atoms with Crippen molar-refractivity contribution in [2.24, 2.45) is 11.0 Å². The SMILES string of the molecule is COC(=O)N1CCC(=NNC(=O)NCC2CC2)CC1. The van der Waals surface area contributed by atoms with Gasteiger partial charge in [0.25, 0.3) is 0 Å². The first kappa shape index (κ1) is 13.6.